The Hall–Kier alpha value is -1.76. The van der Waals surface area contributed by atoms with E-state index in [9.17, 15) is 10.5 Å². The minimum Gasteiger partial charge on any atom is -0.355 e. The molecule has 1 unspecified atom stereocenters. The second-order valence-corrected chi connectivity index (χ2v) is 8.83. The second-order valence-electron chi connectivity index (χ2n) is 8.83. The molecule has 0 saturated carbocycles. The Morgan fingerprint density at radius 3 is 2.25 bits per heavy atom. The van der Waals surface area contributed by atoms with Crippen molar-refractivity contribution in [3.63, 3.8) is 0 Å². The van der Waals surface area contributed by atoms with Gasteiger partial charge < -0.3 is 19.6 Å². The molecular weight excluding hydrogens is 348 g/mol. The molecule has 0 N–H and O–H groups in total. The lowest BCUT2D eigenvalue weighted by Gasteiger charge is -2.33. The van der Waals surface area contributed by atoms with E-state index in [1.165, 1.54) is 45.3 Å². The van der Waals surface area contributed by atoms with Crippen LogP contribution in [0.2, 0.25) is 0 Å². The predicted molar refractivity (Wildman–Crippen MR) is 111 cm³/mol. The van der Waals surface area contributed by atoms with Gasteiger partial charge in [-0.25, -0.2) is 0 Å². The minimum absolute atomic E-state index is 0.277. The highest BCUT2D eigenvalue weighted by molar-refractivity contribution is 5.40. The molecule has 0 aromatic rings. The standard InChI is InChI=1S/C22H36N6/c1-19-6-3-8-25(18-19)12-13-28-15-14-27(22(28)21(16-23)17-24)11-5-10-26-9-4-7-20(26)2/h19-20H,3-15,18H2,1-2H3/t19?,20-/m0/s1. The fraction of sp³-hybridized carbons (Fsp3) is 0.818. The molecule has 0 bridgehead atoms. The minimum atomic E-state index is 0.277. The van der Waals surface area contributed by atoms with Gasteiger partial charge in [0.05, 0.1) is 0 Å². The fourth-order valence-corrected chi connectivity index (χ4v) is 5.07. The van der Waals surface area contributed by atoms with Crippen molar-refractivity contribution in [2.45, 2.75) is 52.0 Å². The van der Waals surface area contributed by atoms with E-state index in [0.717, 1.165) is 57.4 Å². The lowest BCUT2D eigenvalue weighted by Crippen LogP contribution is -2.40. The lowest BCUT2D eigenvalue weighted by atomic mass is 10.0. The highest BCUT2D eigenvalue weighted by atomic mass is 15.4. The number of allylic oxidation sites excluding steroid dienone is 1. The maximum absolute atomic E-state index is 9.50. The largest absolute Gasteiger partial charge is 0.355 e. The summed E-state index contributed by atoms with van der Waals surface area (Å²) in [4.78, 5) is 9.67. The lowest BCUT2D eigenvalue weighted by molar-refractivity contribution is 0.167. The van der Waals surface area contributed by atoms with Crippen LogP contribution in [-0.2, 0) is 0 Å². The van der Waals surface area contributed by atoms with Crippen molar-refractivity contribution in [1.82, 2.24) is 19.6 Å². The Kier molecular flexibility index (Phi) is 7.59. The summed E-state index contributed by atoms with van der Waals surface area (Å²) in [6, 6.07) is 5.00. The molecule has 6 nitrogen and oxygen atoms in total. The van der Waals surface area contributed by atoms with E-state index in [-0.39, 0.29) is 5.57 Å². The smallest absolute Gasteiger partial charge is 0.169 e. The van der Waals surface area contributed by atoms with Crippen LogP contribution in [0.3, 0.4) is 0 Å². The summed E-state index contributed by atoms with van der Waals surface area (Å²) in [5.41, 5.74) is 0.277. The normalized spacial score (nSPS) is 26.5. The molecule has 3 heterocycles. The van der Waals surface area contributed by atoms with Crippen LogP contribution in [0.15, 0.2) is 11.4 Å². The van der Waals surface area contributed by atoms with Gasteiger partial charge >= 0.3 is 0 Å². The maximum atomic E-state index is 9.50. The highest BCUT2D eigenvalue weighted by Gasteiger charge is 2.29. The Balaban J connectivity index is 1.56. The van der Waals surface area contributed by atoms with Gasteiger partial charge in [-0.3, -0.25) is 0 Å². The molecule has 3 aliphatic rings. The number of rotatable bonds is 7. The summed E-state index contributed by atoms with van der Waals surface area (Å²) >= 11 is 0. The monoisotopic (exact) mass is 384 g/mol. The molecule has 3 fully saturated rings. The first-order valence-electron chi connectivity index (χ1n) is 11.1. The number of hydrogen-bond donors (Lipinski definition) is 0. The summed E-state index contributed by atoms with van der Waals surface area (Å²) in [6.07, 6.45) is 6.33. The van der Waals surface area contributed by atoms with E-state index in [1.807, 2.05) is 0 Å². The van der Waals surface area contributed by atoms with Gasteiger partial charge in [0.15, 0.2) is 5.57 Å². The van der Waals surface area contributed by atoms with Crippen LogP contribution in [0.25, 0.3) is 0 Å². The first-order chi connectivity index (χ1) is 13.6. The SMILES string of the molecule is CC1CCCN(CCN2CCN(CCCN3CCC[C@@H]3C)C2=C(C#N)C#N)C1. The summed E-state index contributed by atoms with van der Waals surface area (Å²) in [5, 5.41) is 19.0. The first-order valence-corrected chi connectivity index (χ1v) is 11.1. The van der Waals surface area contributed by atoms with Crippen molar-refractivity contribution in [2.24, 2.45) is 5.92 Å². The zero-order valence-electron chi connectivity index (χ0n) is 17.7. The number of piperidine rings is 1. The summed E-state index contributed by atoms with van der Waals surface area (Å²) < 4.78 is 0. The van der Waals surface area contributed by atoms with Crippen molar-refractivity contribution in [3.8, 4) is 12.1 Å². The molecule has 28 heavy (non-hydrogen) atoms. The van der Waals surface area contributed by atoms with Crippen molar-refractivity contribution in [3.05, 3.63) is 11.4 Å². The van der Waals surface area contributed by atoms with Gasteiger partial charge in [-0.05, 0) is 58.0 Å². The Labute approximate surface area is 171 Å². The molecule has 0 radical (unpaired) electrons. The van der Waals surface area contributed by atoms with E-state index >= 15 is 0 Å². The van der Waals surface area contributed by atoms with Crippen molar-refractivity contribution < 1.29 is 0 Å². The number of likely N-dealkylation sites (tertiary alicyclic amines) is 2. The quantitative estimate of drug-likeness (QED) is 0.629. The van der Waals surface area contributed by atoms with Crippen LogP contribution in [0, 0.1) is 28.6 Å². The van der Waals surface area contributed by atoms with Crippen LogP contribution in [-0.4, -0.2) is 84.5 Å². The van der Waals surface area contributed by atoms with E-state index < -0.39 is 0 Å². The zero-order chi connectivity index (χ0) is 19.9. The van der Waals surface area contributed by atoms with Gasteiger partial charge in [0.25, 0.3) is 0 Å². The Bertz CT molecular complexity index is 614. The number of hydrogen-bond acceptors (Lipinski definition) is 6. The molecule has 2 atom stereocenters. The van der Waals surface area contributed by atoms with Crippen LogP contribution in [0.4, 0.5) is 0 Å². The van der Waals surface area contributed by atoms with Crippen LogP contribution < -0.4 is 0 Å². The maximum Gasteiger partial charge on any atom is 0.169 e. The van der Waals surface area contributed by atoms with Gasteiger partial charge in [0, 0.05) is 51.9 Å². The Morgan fingerprint density at radius 1 is 0.893 bits per heavy atom. The molecule has 6 heteroatoms. The first kappa shape index (κ1) is 21.0. The Morgan fingerprint density at radius 2 is 1.61 bits per heavy atom. The molecule has 0 amide bonds. The third-order valence-corrected chi connectivity index (χ3v) is 6.68. The van der Waals surface area contributed by atoms with Gasteiger partial charge in [-0.1, -0.05) is 6.92 Å². The predicted octanol–water partition coefficient (Wildman–Crippen LogP) is 2.47. The van der Waals surface area contributed by atoms with Crippen molar-refractivity contribution in [1.29, 1.82) is 10.5 Å². The number of nitrogens with zero attached hydrogens (tertiary/aromatic N) is 6. The average molecular weight is 385 g/mol. The highest BCUT2D eigenvalue weighted by Crippen LogP contribution is 2.24. The third kappa shape index (κ3) is 5.19. The van der Waals surface area contributed by atoms with Gasteiger partial charge in [-0.2, -0.15) is 10.5 Å². The topological polar surface area (TPSA) is 60.5 Å². The molecule has 3 saturated heterocycles. The molecule has 3 rings (SSSR count). The molecule has 0 aromatic carbocycles. The zero-order valence-corrected chi connectivity index (χ0v) is 17.7. The fourth-order valence-electron chi connectivity index (χ4n) is 5.07. The van der Waals surface area contributed by atoms with Gasteiger partial charge in [0.2, 0.25) is 0 Å². The van der Waals surface area contributed by atoms with Gasteiger partial charge in [0.1, 0.15) is 18.0 Å². The molecule has 0 aromatic heterocycles. The average Bonchev–Trinajstić information content (AvgIpc) is 3.28. The van der Waals surface area contributed by atoms with Gasteiger partial charge in [-0.15, -0.1) is 0 Å². The summed E-state index contributed by atoms with van der Waals surface area (Å²) in [7, 11) is 0. The van der Waals surface area contributed by atoms with Crippen molar-refractivity contribution >= 4 is 0 Å². The summed E-state index contributed by atoms with van der Waals surface area (Å²) in [5.74, 6) is 1.66. The molecule has 0 aliphatic carbocycles. The van der Waals surface area contributed by atoms with E-state index in [4.69, 9.17) is 0 Å². The van der Waals surface area contributed by atoms with Crippen LogP contribution >= 0.6 is 0 Å². The summed E-state index contributed by atoms with van der Waals surface area (Å²) in [6.45, 7) is 14.1. The molecular formula is C22H36N6. The molecule has 0 spiro atoms. The van der Waals surface area contributed by atoms with E-state index in [1.54, 1.807) is 0 Å². The third-order valence-electron chi connectivity index (χ3n) is 6.68. The molecule has 3 aliphatic heterocycles. The molecule has 154 valence electrons. The van der Waals surface area contributed by atoms with E-state index in [2.05, 4.69) is 45.6 Å². The second kappa shape index (κ2) is 10.1. The van der Waals surface area contributed by atoms with Crippen molar-refractivity contribution in [2.75, 3.05) is 58.9 Å². The van der Waals surface area contributed by atoms with Crippen LogP contribution in [0.5, 0.6) is 0 Å². The van der Waals surface area contributed by atoms with E-state index in [0.29, 0.717) is 6.04 Å². The van der Waals surface area contributed by atoms with Crippen LogP contribution in [0.1, 0.15) is 46.0 Å². The number of nitriles is 2.